The minimum atomic E-state index is -0.432. The predicted octanol–water partition coefficient (Wildman–Crippen LogP) is 3.72. The Morgan fingerprint density at radius 2 is 1.81 bits per heavy atom. The van der Waals surface area contributed by atoms with E-state index in [2.05, 4.69) is 10.6 Å². The lowest BCUT2D eigenvalue weighted by atomic mass is 10.1. The van der Waals surface area contributed by atoms with Crippen LogP contribution in [0.4, 0.5) is 5.69 Å². The van der Waals surface area contributed by atoms with Crippen molar-refractivity contribution in [3.63, 3.8) is 0 Å². The Labute approximate surface area is 171 Å². The molecule has 2 aromatic rings. The van der Waals surface area contributed by atoms with E-state index in [0.29, 0.717) is 15.7 Å². The van der Waals surface area contributed by atoms with E-state index in [4.69, 9.17) is 23.2 Å². The summed E-state index contributed by atoms with van der Waals surface area (Å²) >= 11 is 13.5. The van der Waals surface area contributed by atoms with Crippen molar-refractivity contribution in [2.45, 2.75) is 19.4 Å². The third kappa shape index (κ3) is 6.23. The Morgan fingerprint density at radius 1 is 1.15 bits per heavy atom. The van der Waals surface area contributed by atoms with Gasteiger partial charge in [-0.15, -0.1) is 11.3 Å². The average molecular weight is 428 g/mol. The molecule has 1 heterocycles. The highest BCUT2D eigenvalue weighted by Crippen LogP contribution is 2.29. The number of nitrogens with zero attached hydrogens (tertiary/aromatic N) is 1. The van der Waals surface area contributed by atoms with Gasteiger partial charge in [-0.25, -0.2) is 0 Å². The molecule has 27 heavy (non-hydrogen) atoms. The van der Waals surface area contributed by atoms with Crippen LogP contribution in [0.15, 0.2) is 35.7 Å². The molecule has 0 aliphatic carbocycles. The first kappa shape index (κ1) is 21.2. The van der Waals surface area contributed by atoms with Crippen LogP contribution in [0.1, 0.15) is 24.3 Å². The highest BCUT2D eigenvalue weighted by atomic mass is 35.5. The second-order valence-electron chi connectivity index (χ2n) is 5.87. The van der Waals surface area contributed by atoms with Gasteiger partial charge >= 0.3 is 0 Å². The normalized spacial score (nSPS) is 11.6. The molecule has 0 saturated carbocycles. The Hall–Kier alpha value is -2.09. The number of nitrogens with one attached hydrogen (secondary N) is 2. The Bertz CT molecular complexity index is 807. The summed E-state index contributed by atoms with van der Waals surface area (Å²) in [7, 11) is 1.52. The fraction of sp³-hybridized carbons (Fsp3) is 0.278. The molecule has 1 aromatic heterocycles. The zero-order valence-corrected chi connectivity index (χ0v) is 17.1. The number of likely N-dealkylation sites (N-methyl/N-ethyl adjacent to an activating group) is 1. The number of halogens is 2. The maximum Gasteiger partial charge on any atom is 0.244 e. The molecule has 0 radical (unpaired) electrons. The molecule has 1 unspecified atom stereocenters. The van der Waals surface area contributed by atoms with Gasteiger partial charge in [-0.3, -0.25) is 14.4 Å². The van der Waals surface area contributed by atoms with Crippen molar-refractivity contribution in [1.29, 1.82) is 0 Å². The summed E-state index contributed by atoms with van der Waals surface area (Å²) in [6.45, 7) is 1.23. The molecule has 0 fully saturated rings. The van der Waals surface area contributed by atoms with E-state index in [1.54, 1.807) is 18.2 Å². The minimum Gasteiger partial charge on any atom is -0.348 e. The number of carbonyl (C=O) groups excluding carboxylic acids is 3. The molecule has 0 aliphatic heterocycles. The largest absolute Gasteiger partial charge is 0.348 e. The zero-order valence-electron chi connectivity index (χ0n) is 14.8. The molecule has 1 atom stereocenters. The van der Waals surface area contributed by atoms with Gasteiger partial charge in [0.1, 0.15) is 0 Å². The van der Waals surface area contributed by atoms with Crippen LogP contribution >= 0.6 is 34.5 Å². The van der Waals surface area contributed by atoms with Crippen molar-refractivity contribution in [2.75, 3.05) is 18.9 Å². The van der Waals surface area contributed by atoms with Crippen LogP contribution in [0.2, 0.25) is 10.0 Å². The maximum atomic E-state index is 12.5. The van der Waals surface area contributed by atoms with Gasteiger partial charge in [0.25, 0.3) is 0 Å². The number of para-hydroxylation sites is 1. The van der Waals surface area contributed by atoms with Gasteiger partial charge in [0.05, 0.1) is 34.7 Å². The third-order valence-corrected chi connectivity index (χ3v) is 5.29. The Kier molecular flexibility index (Phi) is 7.65. The van der Waals surface area contributed by atoms with Crippen LogP contribution in [0.25, 0.3) is 0 Å². The van der Waals surface area contributed by atoms with Gasteiger partial charge in [-0.05, 0) is 23.6 Å². The van der Waals surface area contributed by atoms with E-state index >= 15 is 0 Å². The van der Waals surface area contributed by atoms with E-state index in [0.717, 1.165) is 4.88 Å². The number of hydrogen-bond acceptors (Lipinski definition) is 4. The first-order chi connectivity index (χ1) is 12.8. The molecule has 2 rings (SSSR count). The molecule has 2 N–H and O–H groups in total. The highest BCUT2D eigenvalue weighted by Gasteiger charge is 2.22. The van der Waals surface area contributed by atoms with Crippen LogP contribution in [-0.2, 0) is 14.4 Å². The van der Waals surface area contributed by atoms with Crippen molar-refractivity contribution in [1.82, 2.24) is 10.2 Å². The van der Waals surface area contributed by atoms with Gasteiger partial charge in [0.2, 0.25) is 17.7 Å². The summed E-state index contributed by atoms with van der Waals surface area (Å²) in [6.07, 6.45) is 0.0523. The van der Waals surface area contributed by atoms with Gasteiger partial charge in [-0.1, -0.05) is 35.3 Å². The lowest BCUT2D eigenvalue weighted by Crippen LogP contribution is -2.37. The van der Waals surface area contributed by atoms with Crippen LogP contribution < -0.4 is 10.6 Å². The van der Waals surface area contributed by atoms with E-state index < -0.39 is 11.9 Å². The molecular weight excluding hydrogens is 409 g/mol. The second kappa shape index (κ2) is 9.73. The minimum absolute atomic E-state index is 0.0523. The molecule has 144 valence electrons. The molecule has 1 aromatic carbocycles. The summed E-state index contributed by atoms with van der Waals surface area (Å²) in [5, 5.41) is 7.88. The lowest BCUT2D eigenvalue weighted by Gasteiger charge is -2.21. The molecule has 0 aliphatic rings. The standard InChI is InChI=1S/C18H19Cl2N3O3S/c1-11(24)21-14(15-7-4-8-27-15)9-17(26)23(2)10-16(25)22-18-12(19)5-3-6-13(18)20/h3-8,14H,9-10H2,1-2H3,(H,21,24)(H,22,25). The smallest absolute Gasteiger partial charge is 0.244 e. The predicted molar refractivity (Wildman–Crippen MR) is 108 cm³/mol. The molecule has 0 bridgehead atoms. The zero-order chi connectivity index (χ0) is 20.0. The van der Waals surface area contributed by atoms with Crippen molar-refractivity contribution in [2.24, 2.45) is 0 Å². The monoisotopic (exact) mass is 427 g/mol. The first-order valence-corrected chi connectivity index (χ1v) is 9.69. The quantitative estimate of drug-likeness (QED) is 0.706. The lowest BCUT2D eigenvalue weighted by molar-refractivity contribution is -0.134. The number of rotatable bonds is 7. The summed E-state index contributed by atoms with van der Waals surface area (Å²) in [6, 6.07) is 8.16. The van der Waals surface area contributed by atoms with E-state index in [1.165, 1.54) is 30.2 Å². The van der Waals surface area contributed by atoms with Crippen LogP contribution in [0, 0.1) is 0 Å². The van der Waals surface area contributed by atoms with Crippen molar-refractivity contribution < 1.29 is 14.4 Å². The fourth-order valence-electron chi connectivity index (χ4n) is 2.39. The molecular formula is C18H19Cl2N3O3S. The van der Waals surface area contributed by atoms with Crippen LogP contribution in [0.3, 0.4) is 0 Å². The number of hydrogen-bond donors (Lipinski definition) is 2. The van der Waals surface area contributed by atoms with Crippen LogP contribution in [0.5, 0.6) is 0 Å². The van der Waals surface area contributed by atoms with Gasteiger partial charge < -0.3 is 15.5 Å². The summed E-state index contributed by atoms with van der Waals surface area (Å²) in [4.78, 5) is 38.3. The fourth-order valence-corrected chi connectivity index (χ4v) is 3.66. The molecule has 6 nitrogen and oxygen atoms in total. The summed E-state index contributed by atoms with van der Waals surface area (Å²) < 4.78 is 0. The average Bonchev–Trinajstić information content (AvgIpc) is 3.11. The molecule has 9 heteroatoms. The number of carbonyl (C=O) groups is 3. The van der Waals surface area contributed by atoms with Crippen molar-refractivity contribution >= 4 is 57.9 Å². The number of thiophene rings is 1. The van der Waals surface area contributed by atoms with Crippen molar-refractivity contribution in [3.05, 3.63) is 50.6 Å². The third-order valence-electron chi connectivity index (χ3n) is 3.68. The molecule has 3 amide bonds. The van der Waals surface area contributed by atoms with E-state index in [-0.39, 0.29) is 24.8 Å². The number of amides is 3. The molecule has 0 saturated heterocycles. The van der Waals surface area contributed by atoms with E-state index in [1.807, 2.05) is 17.5 Å². The Balaban J connectivity index is 1.97. The summed E-state index contributed by atoms with van der Waals surface area (Å²) in [5.74, 6) is -0.925. The highest BCUT2D eigenvalue weighted by molar-refractivity contribution is 7.10. The second-order valence-corrected chi connectivity index (χ2v) is 7.66. The van der Waals surface area contributed by atoms with Gasteiger partial charge in [0, 0.05) is 18.8 Å². The Morgan fingerprint density at radius 3 is 2.37 bits per heavy atom. The number of benzene rings is 1. The first-order valence-electron chi connectivity index (χ1n) is 8.06. The molecule has 0 spiro atoms. The topological polar surface area (TPSA) is 78.5 Å². The van der Waals surface area contributed by atoms with Gasteiger partial charge in [0.15, 0.2) is 0 Å². The summed E-state index contributed by atoms with van der Waals surface area (Å²) in [5.41, 5.74) is 0.307. The van der Waals surface area contributed by atoms with Gasteiger partial charge in [-0.2, -0.15) is 0 Å². The van der Waals surface area contributed by atoms with Crippen LogP contribution in [-0.4, -0.2) is 36.2 Å². The maximum absolute atomic E-state index is 12.5. The van der Waals surface area contributed by atoms with E-state index in [9.17, 15) is 14.4 Å². The number of anilines is 1. The van der Waals surface area contributed by atoms with Crippen molar-refractivity contribution in [3.8, 4) is 0 Å². The SMILES string of the molecule is CC(=O)NC(CC(=O)N(C)CC(=O)Nc1c(Cl)cccc1Cl)c1cccs1.